The van der Waals surface area contributed by atoms with Crippen LogP contribution in [0.1, 0.15) is 32.3 Å². The monoisotopic (exact) mass is 318 g/mol. The smallest absolute Gasteiger partial charge is 0.306 e. The molecule has 0 atom stereocenters. The summed E-state index contributed by atoms with van der Waals surface area (Å²) < 4.78 is 0. The summed E-state index contributed by atoms with van der Waals surface area (Å²) >= 11 is 0. The van der Waals surface area contributed by atoms with Crippen LogP contribution in [0, 0.1) is 11.8 Å². The van der Waals surface area contributed by atoms with Gasteiger partial charge in [0.25, 0.3) is 0 Å². The highest BCUT2D eigenvalue weighted by Gasteiger charge is 2.24. The molecule has 0 radical (unpaired) electrons. The van der Waals surface area contributed by atoms with E-state index >= 15 is 0 Å². The zero-order valence-corrected chi connectivity index (χ0v) is 14.2. The van der Waals surface area contributed by atoms with Crippen LogP contribution >= 0.6 is 0 Å². The topological polar surface area (TPSA) is 60.9 Å². The zero-order valence-electron chi connectivity index (χ0n) is 14.2. The molecule has 1 aliphatic rings. The highest BCUT2D eigenvalue weighted by molar-refractivity contribution is 5.77. The van der Waals surface area contributed by atoms with Crippen LogP contribution in [0.15, 0.2) is 24.3 Å². The fraction of sp³-hybridized carbons (Fsp3) is 0.556. The third-order valence-corrected chi connectivity index (χ3v) is 4.41. The van der Waals surface area contributed by atoms with E-state index in [-0.39, 0.29) is 17.7 Å². The maximum absolute atomic E-state index is 12.0. The van der Waals surface area contributed by atoms with Crippen molar-refractivity contribution >= 4 is 17.6 Å². The molecule has 5 heteroatoms. The predicted molar refractivity (Wildman–Crippen MR) is 90.3 cm³/mol. The van der Waals surface area contributed by atoms with Crippen LogP contribution in [0.25, 0.3) is 0 Å². The number of carboxylic acid groups (broad SMARTS) is 1. The number of aliphatic carboxylic acids is 1. The van der Waals surface area contributed by atoms with Crippen LogP contribution in [0.4, 0.5) is 5.69 Å². The van der Waals surface area contributed by atoms with E-state index in [4.69, 9.17) is 5.11 Å². The van der Waals surface area contributed by atoms with Crippen molar-refractivity contribution in [3.05, 3.63) is 29.8 Å². The molecule has 0 aliphatic carbocycles. The van der Waals surface area contributed by atoms with Gasteiger partial charge in [-0.15, -0.1) is 0 Å². The van der Waals surface area contributed by atoms with Crippen LogP contribution in [0.5, 0.6) is 0 Å². The van der Waals surface area contributed by atoms with E-state index in [2.05, 4.69) is 17.0 Å². The summed E-state index contributed by atoms with van der Waals surface area (Å²) in [4.78, 5) is 27.0. The van der Waals surface area contributed by atoms with Crippen LogP contribution in [0.3, 0.4) is 0 Å². The quantitative estimate of drug-likeness (QED) is 0.906. The van der Waals surface area contributed by atoms with Gasteiger partial charge in [-0.05, 0) is 30.5 Å². The summed E-state index contributed by atoms with van der Waals surface area (Å²) in [5.74, 6) is -0.771. The van der Waals surface area contributed by atoms with E-state index in [1.165, 1.54) is 0 Å². The van der Waals surface area contributed by atoms with Gasteiger partial charge in [-0.2, -0.15) is 0 Å². The van der Waals surface area contributed by atoms with Crippen molar-refractivity contribution in [1.82, 2.24) is 4.90 Å². The molecular formula is C18H26N2O3. The van der Waals surface area contributed by atoms with E-state index in [0.29, 0.717) is 19.4 Å². The number of amides is 1. The Hall–Kier alpha value is -2.04. The van der Waals surface area contributed by atoms with E-state index in [1.807, 2.05) is 33.0 Å². The second-order valence-electron chi connectivity index (χ2n) is 6.62. The molecule has 1 aromatic carbocycles. The van der Waals surface area contributed by atoms with Crippen molar-refractivity contribution in [3.63, 3.8) is 0 Å². The SMILES string of the molecule is CC(C)C(=O)N(C)Cc1cccc(N2CCC(C(=O)O)CC2)c1. The van der Waals surface area contributed by atoms with Gasteiger partial charge in [0, 0.05) is 38.3 Å². The summed E-state index contributed by atoms with van der Waals surface area (Å²) in [5.41, 5.74) is 2.20. The van der Waals surface area contributed by atoms with Crippen molar-refractivity contribution in [1.29, 1.82) is 0 Å². The maximum atomic E-state index is 12.0. The van der Waals surface area contributed by atoms with Crippen molar-refractivity contribution < 1.29 is 14.7 Å². The number of carbonyl (C=O) groups excluding carboxylic acids is 1. The Labute approximate surface area is 137 Å². The van der Waals surface area contributed by atoms with Gasteiger partial charge >= 0.3 is 5.97 Å². The minimum absolute atomic E-state index is 0.00164. The number of piperidine rings is 1. The molecule has 0 spiro atoms. The minimum Gasteiger partial charge on any atom is -0.481 e. The first-order valence-corrected chi connectivity index (χ1v) is 8.20. The molecule has 1 saturated heterocycles. The van der Waals surface area contributed by atoms with Crippen LogP contribution in [-0.4, -0.2) is 42.0 Å². The Morgan fingerprint density at radius 1 is 1.30 bits per heavy atom. The molecule has 0 saturated carbocycles. The Kier molecular flexibility index (Phi) is 5.64. The molecule has 1 heterocycles. The predicted octanol–water partition coefficient (Wildman–Crippen LogP) is 2.60. The first kappa shape index (κ1) is 17.3. The van der Waals surface area contributed by atoms with Gasteiger partial charge in [0.05, 0.1) is 5.92 Å². The fourth-order valence-corrected chi connectivity index (χ4v) is 3.03. The van der Waals surface area contributed by atoms with Crippen LogP contribution < -0.4 is 4.90 Å². The molecular weight excluding hydrogens is 292 g/mol. The number of benzene rings is 1. The average Bonchev–Trinajstić information content (AvgIpc) is 2.54. The fourth-order valence-electron chi connectivity index (χ4n) is 3.03. The zero-order chi connectivity index (χ0) is 17.0. The van der Waals surface area contributed by atoms with Crippen LogP contribution in [0.2, 0.25) is 0 Å². The Morgan fingerprint density at radius 2 is 1.96 bits per heavy atom. The standard InChI is InChI=1S/C18H26N2O3/c1-13(2)17(21)19(3)12-14-5-4-6-16(11-14)20-9-7-15(8-10-20)18(22)23/h4-6,11,13,15H,7-10,12H2,1-3H3,(H,22,23). The van der Waals surface area contributed by atoms with E-state index in [0.717, 1.165) is 24.3 Å². The number of hydrogen-bond donors (Lipinski definition) is 1. The van der Waals surface area contributed by atoms with Crippen molar-refractivity contribution in [2.45, 2.75) is 33.2 Å². The molecule has 1 fully saturated rings. The lowest BCUT2D eigenvalue weighted by Gasteiger charge is -2.32. The highest BCUT2D eigenvalue weighted by atomic mass is 16.4. The highest BCUT2D eigenvalue weighted by Crippen LogP contribution is 2.24. The third-order valence-electron chi connectivity index (χ3n) is 4.41. The Morgan fingerprint density at radius 3 is 2.52 bits per heavy atom. The summed E-state index contributed by atoms with van der Waals surface area (Å²) in [6, 6.07) is 8.18. The van der Waals surface area contributed by atoms with E-state index in [1.54, 1.807) is 4.90 Å². The van der Waals surface area contributed by atoms with Crippen molar-refractivity contribution in [3.8, 4) is 0 Å². The lowest BCUT2D eigenvalue weighted by atomic mass is 9.96. The molecule has 5 nitrogen and oxygen atoms in total. The summed E-state index contributed by atoms with van der Waals surface area (Å²) in [6.45, 7) is 5.93. The number of carbonyl (C=O) groups is 2. The lowest BCUT2D eigenvalue weighted by molar-refractivity contribution is -0.142. The van der Waals surface area contributed by atoms with Gasteiger partial charge in [-0.3, -0.25) is 9.59 Å². The van der Waals surface area contributed by atoms with E-state index < -0.39 is 5.97 Å². The lowest BCUT2D eigenvalue weighted by Crippen LogP contribution is -2.36. The molecule has 2 rings (SSSR count). The number of rotatable bonds is 5. The Bertz CT molecular complexity index is 563. The largest absolute Gasteiger partial charge is 0.481 e. The molecule has 0 aromatic heterocycles. The van der Waals surface area contributed by atoms with Gasteiger partial charge in [0.15, 0.2) is 0 Å². The molecule has 126 valence electrons. The number of carboxylic acids is 1. The summed E-state index contributed by atoms with van der Waals surface area (Å²) in [7, 11) is 1.83. The molecule has 23 heavy (non-hydrogen) atoms. The average molecular weight is 318 g/mol. The normalized spacial score (nSPS) is 15.7. The first-order chi connectivity index (χ1) is 10.9. The van der Waals surface area contributed by atoms with Gasteiger partial charge in [-0.25, -0.2) is 0 Å². The summed E-state index contributed by atoms with van der Waals surface area (Å²) in [6.07, 6.45) is 1.37. The number of anilines is 1. The molecule has 1 aromatic rings. The first-order valence-electron chi connectivity index (χ1n) is 8.20. The second kappa shape index (κ2) is 7.49. The van der Waals surface area contributed by atoms with E-state index in [9.17, 15) is 9.59 Å². The number of hydrogen-bond acceptors (Lipinski definition) is 3. The molecule has 1 amide bonds. The van der Waals surface area contributed by atoms with Gasteiger partial charge < -0.3 is 14.9 Å². The van der Waals surface area contributed by atoms with Crippen molar-refractivity contribution in [2.24, 2.45) is 11.8 Å². The molecule has 0 unspecified atom stereocenters. The minimum atomic E-state index is -0.688. The maximum Gasteiger partial charge on any atom is 0.306 e. The molecule has 1 N–H and O–H groups in total. The molecule has 0 bridgehead atoms. The summed E-state index contributed by atoms with van der Waals surface area (Å²) in [5, 5.41) is 9.08. The molecule has 1 aliphatic heterocycles. The van der Waals surface area contributed by atoms with Crippen molar-refractivity contribution in [2.75, 3.05) is 25.0 Å². The van der Waals surface area contributed by atoms with Gasteiger partial charge in [0.2, 0.25) is 5.91 Å². The number of nitrogens with zero attached hydrogens (tertiary/aromatic N) is 2. The van der Waals surface area contributed by atoms with Crippen LogP contribution in [-0.2, 0) is 16.1 Å². The van der Waals surface area contributed by atoms with Gasteiger partial charge in [-0.1, -0.05) is 26.0 Å². The Balaban J connectivity index is 2.00. The second-order valence-corrected chi connectivity index (χ2v) is 6.62. The third kappa shape index (κ3) is 4.47. The van der Waals surface area contributed by atoms with Gasteiger partial charge in [0.1, 0.15) is 0 Å².